The number of nitrogens with one attached hydrogen (secondary N) is 2. The molecule has 0 aliphatic heterocycles. The van der Waals surface area contributed by atoms with Crippen molar-refractivity contribution in [3.8, 4) is 0 Å². The molecular formula is C16H16Cl2N2O. The van der Waals surface area contributed by atoms with E-state index in [1.807, 2.05) is 31.2 Å². The van der Waals surface area contributed by atoms with Crippen LogP contribution in [-0.4, -0.2) is 11.9 Å². The molecule has 3 nitrogen and oxygen atoms in total. The highest BCUT2D eigenvalue weighted by Crippen LogP contribution is 2.22. The predicted octanol–water partition coefficient (Wildman–Crippen LogP) is 4.74. The van der Waals surface area contributed by atoms with Gasteiger partial charge in [-0.1, -0.05) is 41.4 Å². The van der Waals surface area contributed by atoms with Crippen LogP contribution in [0.1, 0.15) is 12.5 Å². The molecule has 110 valence electrons. The third-order valence-corrected chi connectivity index (χ3v) is 3.82. The number of hydrogen-bond donors (Lipinski definition) is 2. The van der Waals surface area contributed by atoms with Gasteiger partial charge in [0.05, 0.1) is 10.7 Å². The van der Waals surface area contributed by atoms with E-state index < -0.39 is 6.04 Å². The van der Waals surface area contributed by atoms with Crippen molar-refractivity contribution in [3.05, 3.63) is 58.1 Å². The van der Waals surface area contributed by atoms with Crippen molar-refractivity contribution in [2.75, 3.05) is 10.6 Å². The molecule has 0 aliphatic rings. The Kier molecular flexibility index (Phi) is 5.10. The van der Waals surface area contributed by atoms with E-state index in [-0.39, 0.29) is 5.91 Å². The topological polar surface area (TPSA) is 41.1 Å². The van der Waals surface area contributed by atoms with E-state index in [0.717, 1.165) is 11.3 Å². The van der Waals surface area contributed by atoms with Crippen molar-refractivity contribution >= 4 is 40.5 Å². The van der Waals surface area contributed by atoms with Crippen LogP contribution in [0, 0.1) is 6.92 Å². The number of carbonyl (C=O) groups is 1. The Morgan fingerprint density at radius 3 is 2.48 bits per heavy atom. The van der Waals surface area contributed by atoms with Crippen LogP contribution in [0.4, 0.5) is 11.4 Å². The molecule has 2 rings (SSSR count). The van der Waals surface area contributed by atoms with Gasteiger partial charge in [0.15, 0.2) is 0 Å². The van der Waals surface area contributed by atoms with Gasteiger partial charge < -0.3 is 10.6 Å². The SMILES string of the molecule is Cc1ccc(NC(C)C(=O)Nc2ccccc2Cl)cc1Cl. The van der Waals surface area contributed by atoms with Gasteiger partial charge in [-0.25, -0.2) is 0 Å². The molecule has 0 saturated carbocycles. The second-order valence-electron chi connectivity index (χ2n) is 4.80. The standard InChI is InChI=1S/C16H16Cl2N2O/c1-10-7-8-12(9-14(10)18)19-11(2)16(21)20-15-6-4-3-5-13(15)17/h3-9,11,19H,1-2H3,(H,20,21). The maximum absolute atomic E-state index is 12.2. The zero-order valence-electron chi connectivity index (χ0n) is 11.8. The van der Waals surface area contributed by atoms with Crippen LogP contribution >= 0.6 is 23.2 Å². The molecule has 0 saturated heterocycles. The van der Waals surface area contributed by atoms with Gasteiger partial charge >= 0.3 is 0 Å². The Hall–Kier alpha value is -1.71. The number of aryl methyl sites for hydroxylation is 1. The maximum atomic E-state index is 12.2. The zero-order valence-corrected chi connectivity index (χ0v) is 13.3. The number of hydrogen-bond acceptors (Lipinski definition) is 2. The Morgan fingerprint density at radius 1 is 1.10 bits per heavy atom. The molecule has 2 aromatic carbocycles. The number of benzene rings is 2. The lowest BCUT2D eigenvalue weighted by molar-refractivity contribution is -0.116. The predicted molar refractivity (Wildman–Crippen MR) is 89.4 cm³/mol. The minimum atomic E-state index is -0.417. The van der Waals surface area contributed by atoms with Gasteiger partial charge in [0.2, 0.25) is 5.91 Å². The third-order valence-electron chi connectivity index (χ3n) is 3.08. The van der Waals surface area contributed by atoms with Crippen LogP contribution in [-0.2, 0) is 4.79 Å². The fourth-order valence-electron chi connectivity index (χ4n) is 1.80. The van der Waals surface area contributed by atoms with Crippen LogP contribution in [0.25, 0.3) is 0 Å². The Morgan fingerprint density at radius 2 is 1.81 bits per heavy atom. The van der Waals surface area contributed by atoms with E-state index in [2.05, 4.69) is 10.6 Å². The fraction of sp³-hybridized carbons (Fsp3) is 0.188. The van der Waals surface area contributed by atoms with Crippen LogP contribution in [0.5, 0.6) is 0 Å². The Balaban J connectivity index is 2.02. The number of anilines is 2. The van der Waals surface area contributed by atoms with Crippen molar-refractivity contribution in [1.82, 2.24) is 0 Å². The second-order valence-corrected chi connectivity index (χ2v) is 5.61. The summed E-state index contributed by atoms with van der Waals surface area (Å²) in [6.07, 6.45) is 0. The summed E-state index contributed by atoms with van der Waals surface area (Å²) in [6, 6.07) is 12.3. The number of amides is 1. The first-order chi connectivity index (χ1) is 9.97. The van der Waals surface area contributed by atoms with E-state index in [1.165, 1.54) is 0 Å². The van der Waals surface area contributed by atoms with Crippen molar-refractivity contribution in [2.45, 2.75) is 19.9 Å². The average molecular weight is 323 g/mol. The summed E-state index contributed by atoms with van der Waals surface area (Å²) in [7, 11) is 0. The van der Waals surface area contributed by atoms with Crippen LogP contribution < -0.4 is 10.6 Å². The van der Waals surface area contributed by atoms with Gasteiger partial charge in [-0.15, -0.1) is 0 Å². The molecule has 0 bridgehead atoms. The fourth-order valence-corrected chi connectivity index (χ4v) is 2.17. The van der Waals surface area contributed by atoms with E-state index >= 15 is 0 Å². The minimum absolute atomic E-state index is 0.167. The smallest absolute Gasteiger partial charge is 0.246 e. The van der Waals surface area contributed by atoms with Gasteiger partial charge in [0.25, 0.3) is 0 Å². The molecular weight excluding hydrogens is 307 g/mol. The Labute approximate surface area is 134 Å². The summed E-state index contributed by atoms with van der Waals surface area (Å²) in [6.45, 7) is 3.71. The minimum Gasteiger partial charge on any atom is -0.374 e. The van der Waals surface area contributed by atoms with Crippen molar-refractivity contribution in [1.29, 1.82) is 0 Å². The molecule has 0 radical (unpaired) electrons. The summed E-state index contributed by atoms with van der Waals surface area (Å²) >= 11 is 12.1. The van der Waals surface area contributed by atoms with Crippen molar-refractivity contribution in [3.63, 3.8) is 0 Å². The number of halogens is 2. The van der Waals surface area contributed by atoms with Crippen LogP contribution in [0.2, 0.25) is 10.0 Å². The zero-order chi connectivity index (χ0) is 15.4. The summed E-state index contributed by atoms with van der Waals surface area (Å²) in [5.74, 6) is -0.167. The highest BCUT2D eigenvalue weighted by molar-refractivity contribution is 6.33. The average Bonchev–Trinajstić information content (AvgIpc) is 2.45. The normalized spacial score (nSPS) is 11.8. The molecule has 0 heterocycles. The molecule has 2 N–H and O–H groups in total. The number of para-hydroxylation sites is 1. The monoisotopic (exact) mass is 322 g/mol. The first-order valence-corrected chi connectivity index (χ1v) is 7.31. The lowest BCUT2D eigenvalue weighted by Crippen LogP contribution is -2.31. The van der Waals surface area contributed by atoms with Gasteiger partial charge in [-0.2, -0.15) is 0 Å². The number of rotatable bonds is 4. The molecule has 0 aliphatic carbocycles. The highest BCUT2D eigenvalue weighted by atomic mass is 35.5. The molecule has 1 amide bonds. The van der Waals surface area contributed by atoms with Crippen LogP contribution in [0.3, 0.4) is 0 Å². The molecule has 2 aromatic rings. The third kappa shape index (κ3) is 4.13. The molecule has 5 heteroatoms. The van der Waals surface area contributed by atoms with Gasteiger partial charge in [0.1, 0.15) is 6.04 Å². The first kappa shape index (κ1) is 15.7. The number of carbonyl (C=O) groups excluding carboxylic acids is 1. The molecule has 0 spiro atoms. The lowest BCUT2D eigenvalue weighted by atomic mass is 10.2. The van der Waals surface area contributed by atoms with Crippen LogP contribution in [0.15, 0.2) is 42.5 Å². The van der Waals surface area contributed by atoms with Gasteiger partial charge in [-0.3, -0.25) is 4.79 Å². The van der Waals surface area contributed by atoms with E-state index in [0.29, 0.717) is 15.7 Å². The van der Waals surface area contributed by atoms with Gasteiger partial charge in [-0.05, 0) is 43.7 Å². The summed E-state index contributed by atoms with van der Waals surface area (Å²) in [5.41, 5.74) is 2.39. The summed E-state index contributed by atoms with van der Waals surface area (Å²) < 4.78 is 0. The molecule has 21 heavy (non-hydrogen) atoms. The molecule has 1 unspecified atom stereocenters. The maximum Gasteiger partial charge on any atom is 0.246 e. The summed E-state index contributed by atoms with van der Waals surface area (Å²) in [5, 5.41) is 7.08. The first-order valence-electron chi connectivity index (χ1n) is 6.55. The quantitative estimate of drug-likeness (QED) is 0.853. The van der Waals surface area contributed by atoms with Crippen molar-refractivity contribution < 1.29 is 4.79 Å². The van der Waals surface area contributed by atoms with Gasteiger partial charge in [0, 0.05) is 10.7 Å². The van der Waals surface area contributed by atoms with E-state index in [1.54, 1.807) is 25.1 Å². The Bertz CT molecular complexity index is 658. The molecule has 0 fully saturated rings. The van der Waals surface area contributed by atoms with E-state index in [9.17, 15) is 4.79 Å². The van der Waals surface area contributed by atoms with E-state index in [4.69, 9.17) is 23.2 Å². The van der Waals surface area contributed by atoms with Crippen molar-refractivity contribution in [2.24, 2.45) is 0 Å². The lowest BCUT2D eigenvalue weighted by Gasteiger charge is -2.16. The summed E-state index contributed by atoms with van der Waals surface area (Å²) in [4.78, 5) is 12.2. The molecule has 1 atom stereocenters. The largest absolute Gasteiger partial charge is 0.374 e. The highest BCUT2D eigenvalue weighted by Gasteiger charge is 2.14. The second kappa shape index (κ2) is 6.83. The molecule has 0 aromatic heterocycles.